The summed E-state index contributed by atoms with van der Waals surface area (Å²) in [6.45, 7) is 6.64. The van der Waals surface area contributed by atoms with E-state index in [0.717, 1.165) is 49.2 Å². The van der Waals surface area contributed by atoms with Crippen molar-refractivity contribution >= 4 is 0 Å². The van der Waals surface area contributed by atoms with Crippen molar-refractivity contribution in [3.05, 3.63) is 27.4 Å². The van der Waals surface area contributed by atoms with Crippen molar-refractivity contribution in [3.63, 3.8) is 0 Å². The van der Waals surface area contributed by atoms with E-state index in [4.69, 9.17) is 0 Å². The highest BCUT2D eigenvalue weighted by Gasteiger charge is 2.28. The number of hydrogen-bond donors (Lipinski definition) is 1. The molecule has 2 rings (SSSR count). The molecule has 3 nitrogen and oxygen atoms in total. The molecule has 0 aliphatic heterocycles. The first-order valence-electron chi connectivity index (χ1n) is 7.13. The Morgan fingerprint density at radius 2 is 2.11 bits per heavy atom. The first-order valence-corrected chi connectivity index (χ1v) is 7.13. The van der Waals surface area contributed by atoms with E-state index in [2.05, 4.69) is 30.7 Å². The third-order valence-corrected chi connectivity index (χ3v) is 3.86. The van der Waals surface area contributed by atoms with E-state index in [1.165, 1.54) is 12.8 Å². The number of aryl methyl sites for hydroxylation is 2. The molecule has 0 saturated carbocycles. The molecule has 0 atom stereocenters. The van der Waals surface area contributed by atoms with Gasteiger partial charge in [0, 0.05) is 12.0 Å². The van der Waals surface area contributed by atoms with Gasteiger partial charge in [-0.2, -0.15) is 0 Å². The lowest BCUT2D eigenvalue weighted by Gasteiger charge is -2.30. The molecule has 1 aromatic rings. The van der Waals surface area contributed by atoms with Gasteiger partial charge in [-0.25, -0.2) is 4.98 Å². The normalized spacial score (nSPS) is 17.5. The van der Waals surface area contributed by atoms with Gasteiger partial charge in [-0.15, -0.1) is 0 Å². The largest absolute Gasteiger partial charge is 0.310 e. The molecule has 1 heterocycles. The Kier molecular flexibility index (Phi) is 3.88. The predicted molar refractivity (Wildman–Crippen MR) is 73.9 cm³/mol. The minimum absolute atomic E-state index is 0.0965. The lowest BCUT2D eigenvalue weighted by molar-refractivity contribution is 0.309. The molecular formula is C15H24N2O. The number of aromatic amines is 1. The molecule has 0 aromatic carbocycles. The Balaban J connectivity index is 2.20. The number of hydrogen-bond acceptors (Lipinski definition) is 2. The van der Waals surface area contributed by atoms with Gasteiger partial charge in [0.25, 0.3) is 5.56 Å². The van der Waals surface area contributed by atoms with Gasteiger partial charge in [0.1, 0.15) is 5.82 Å². The van der Waals surface area contributed by atoms with Crippen LogP contribution in [-0.2, 0) is 19.3 Å². The maximum absolute atomic E-state index is 12.1. The zero-order valence-corrected chi connectivity index (χ0v) is 11.8. The van der Waals surface area contributed by atoms with Crippen molar-refractivity contribution in [3.8, 4) is 0 Å². The van der Waals surface area contributed by atoms with Crippen LogP contribution in [0, 0.1) is 5.41 Å². The summed E-state index contributed by atoms with van der Waals surface area (Å²) >= 11 is 0. The van der Waals surface area contributed by atoms with Crippen molar-refractivity contribution in [1.29, 1.82) is 0 Å². The van der Waals surface area contributed by atoms with E-state index >= 15 is 0 Å². The average molecular weight is 248 g/mol. The minimum atomic E-state index is 0.0965. The van der Waals surface area contributed by atoms with Crippen molar-refractivity contribution in [1.82, 2.24) is 9.97 Å². The first kappa shape index (κ1) is 13.3. The smallest absolute Gasteiger partial charge is 0.254 e. The van der Waals surface area contributed by atoms with E-state index < -0.39 is 0 Å². The van der Waals surface area contributed by atoms with Crippen molar-refractivity contribution in [2.24, 2.45) is 5.41 Å². The van der Waals surface area contributed by atoms with Gasteiger partial charge < -0.3 is 4.98 Å². The third-order valence-electron chi connectivity index (χ3n) is 3.86. The van der Waals surface area contributed by atoms with Crippen LogP contribution >= 0.6 is 0 Å². The number of nitrogens with one attached hydrogen (secondary N) is 1. The van der Waals surface area contributed by atoms with Gasteiger partial charge in [0.05, 0.1) is 5.69 Å². The molecule has 0 spiro atoms. The number of rotatable bonds is 4. The van der Waals surface area contributed by atoms with E-state index in [1.54, 1.807) is 0 Å². The Morgan fingerprint density at radius 1 is 1.33 bits per heavy atom. The molecule has 1 aliphatic rings. The SMILES string of the molecule is CCCCCc1nc2c(c(=O)[nH]1)CC(C)(C)CC2. The van der Waals surface area contributed by atoms with Gasteiger partial charge in [-0.3, -0.25) is 4.79 Å². The van der Waals surface area contributed by atoms with E-state index in [0.29, 0.717) is 0 Å². The van der Waals surface area contributed by atoms with E-state index in [-0.39, 0.29) is 11.0 Å². The molecule has 0 fully saturated rings. The maximum atomic E-state index is 12.1. The molecule has 100 valence electrons. The summed E-state index contributed by atoms with van der Waals surface area (Å²) < 4.78 is 0. The number of fused-ring (bicyclic) bond motifs is 1. The highest BCUT2D eigenvalue weighted by molar-refractivity contribution is 5.23. The molecule has 0 amide bonds. The molecular weight excluding hydrogens is 224 g/mol. The van der Waals surface area contributed by atoms with Gasteiger partial charge in [0.2, 0.25) is 0 Å². The lowest BCUT2D eigenvalue weighted by atomic mass is 9.76. The quantitative estimate of drug-likeness (QED) is 0.832. The fraction of sp³-hybridized carbons (Fsp3) is 0.733. The van der Waals surface area contributed by atoms with E-state index in [1.807, 2.05) is 0 Å². The fourth-order valence-corrected chi connectivity index (χ4v) is 2.67. The molecule has 1 N–H and O–H groups in total. The van der Waals surface area contributed by atoms with Crippen LogP contribution in [0.3, 0.4) is 0 Å². The number of nitrogens with zero attached hydrogens (tertiary/aromatic N) is 1. The minimum Gasteiger partial charge on any atom is -0.310 e. The highest BCUT2D eigenvalue weighted by atomic mass is 16.1. The van der Waals surface area contributed by atoms with Crippen molar-refractivity contribution in [2.45, 2.75) is 65.7 Å². The summed E-state index contributed by atoms with van der Waals surface area (Å²) in [5, 5.41) is 0. The highest BCUT2D eigenvalue weighted by Crippen LogP contribution is 2.32. The molecule has 1 aromatic heterocycles. The average Bonchev–Trinajstić information content (AvgIpc) is 2.30. The van der Waals surface area contributed by atoms with Crippen LogP contribution in [0.5, 0.6) is 0 Å². The summed E-state index contributed by atoms with van der Waals surface area (Å²) in [7, 11) is 0. The molecule has 0 saturated heterocycles. The molecule has 0 bridgehead atoms. The maximum Gasteiger partial charge on any atom is 0.254 e. The molecule has 18 heavy (non-hydrogen) atoms. The third kappa shape index (κ3) is 3.01. The van der Waals surface area contributed by atoms with Crippen LogP contribution < -0.4 is 5.56 Å². The molecule has 0 unspecified atom stereocenters. The van der Waals surface area contributed by atoms with Crippen molar-refractivity contribution < 1.29 is 0 Å². The lowest BCUT2D eigenvalue weighted by Crippen LogP contribution is -2.30. The van der Waals surface area contributed by atoms with Gasteiger partial charge in [0.15, 0.2) is 0 Å². The fourth-order valence-electron chi connectivity index (χ4n) is 2.67. The zero-order valence-electron chi connectivity index (χ0n) is 11.8. The first-order chi connectivity index (χ1) is 8.52. The zero-order chi connectivity index (χ0) is 13.2. The summed E-state index contributed by atoms with van der Waals surface area (Å²) in [4.78, 5) is 19.7. The second kappa shape index (κ2) is 5.25. The van der Waals surface area contributed by atoms with Gasteiger partial charge >= 0.3 is 0 Å². The van der Waals surface area contributed by atoms with Crippen LogP contribution in [0.25, 0.3) is 0 Å². The molecule has 0 radical (unpaired) electrons. The molecule has 3 heteroatoms. The van der Waals surface area contributed by atoms with Crippen LogP contribution in [0.2, 0.25) is 0 Å². The summed E-state index contributed by atoms with van der Waals surface area (Å²) in [6.07, 6.45) is 7.36. The number of aromatic nitrogens is 2. The second-order valence-electron chi connectivity index (χ2n) is 6.24. The van der Waals surface area contributed by atoms with Gasteiger partial charge in [-0.05, 0) is 31.1 Å². The summed E-state index contributed by atoms with van der Waals surface area (Å²) in [5.41, 5.74) is 2.31. The Labute approximate surface area is 109 Å². The Morgan fingerprint density at radius 3 is 2.83 bits per heavy atom. The Hall–Kier alpha value is -1.12. The van der Waals surface area contributed by atoms with Crippen LogP contribution in [0.15, 0.2) is 4.79 Å². The van der Waals surface area contributed by atoms with Crippen LogP contribution in [-0.4, -0.2) is 9.97 Å². The van der Waals surface area contributed by atoms with Crippen LogP contribution in [0.4, 0.5) is 0 Å². The van der Waals surface area contributed by atoms with Crippen LogP contribution in [0.1, 0.15) is 63.5 Å². The second-order valence-corrected chi connectivity index (χ2v) is 6.24. The standard InChI is InChI=1S/C15H24N2O/c1-4-5-6-7-13-16-12-8-9-15(2,3)10-11(12)14(18)17-13/h4-10H2,1-3H3,(H,16,17,18). The monoisotopic (exact) mass is 248 g/mol. The summed E-state index contributed by atoms with van der Waals surface area (Å²) in [5.74, 6) is 0.881. The van der Waals surface area contributed by atoms with Crippen molar-refractivity contribution in [2.75, 3.05) is 0 Å². The summed E-state index contributed by atoms with van der Waals surface area (Å²) in [6, 6.07) is 0. The van der Waals surface area contributed by atoms with E-state index in [9.17, 15) is 4.79 Å². The molecule has 1 aliphatic carbocycles. The topological polar surface area (TPSA) is 45.8 Å². The number of H-pyrrole nitrogens is 1. The number of unbranched alkanes of at least 4 members (excludes halogenated alkanes) is 2. The van der Waals surface area contributed by atoms with Gasteiger partial charge in [-0.1, -0.05) is 33.6 Å². The Bertz CT molecular complexity index is 474. The predicted octanol–water partition coefficient (Wildman–Crippen LogP) is 3.02.